The summed E-state index contributed by atoms with van der Waals surface area (Å²) in [5.41, 5.74) is 6.27. The van der Waals surface area contributed by atoms with Gasteiger partial charge < -0.3 is 10.6 Å². The average Bonchev–Trinajstić information content (AvgIpc) is 2.56. The molecule has 2 aromatic carbocycles. The number of benzene rings is 2. The molecule has 1 aromatic heterocycles. The van der Waals surface area contributed by atoms with Crippen LogP contribution in [-0.4, -0.2) is 10.9 Å². The Balaban J connectivity index is 1.65. The predicted molar refractivity (Wildman–Crippen MR) is 93.2 cm³/mol. The van der Waals surface area contributed by atoms with Gasteiger partial charge in [-0.1, -0.05) is 12.1 Å². The molecule has 4 rings (SSSR count). The summed E-state index contributed by atoms with van der Waals surface area (Å²) in [6, 6.07) is 14.3. The van der Waals surface area contributed by atoms with Crippen LogP contribution in [0.3, 0.4) is 0 Å². The van der Waals surface area contributed by atoms with E-state index in [4.69, 9.17) is 0 Å². The Morgan fingerprint density at radius 3 is 2.91 bits per heavy atom. The van der Waals surface area contributed by atoms with E-state index in [1.54, 1.807) is 0 Å². The first-order valence-electron chi connectivity index (χ1n) is 7.74. The zero-order chi connectivity index (χ0) is 15.8. The van der Waals surface area contributed by atoms with Crippen molar-refractivity contribution in [1.82, 2.24) is 4.98 Å². The van der Waals surface area contributed by atoms with Crippen molar-refractivity contribution in [1.29, 1.82) is 0 Å². The molecule has 2 heterocycles. The second-order valence-corrected chi connectivity index (χ2v) is 5.91. The third-order valence-electron chi connectivity index (χ3n) is 4.23. The summed E-state index contributed by atoms with van der Waals surface area (Å²) in [6.07, 6.45) is 3.18. The Hall–Kier alpha value is -2.88. The highest BCUT2D eigenvalue weighted by Gasteiger charge is 2.14. The van der Waals surface area contributed by atoms with E-state index in [9.17, 15) is 4.79 Å². The van der Waals surface area contributed by atoms with E-state index in [0.29, 0.717) is 6.42 Å². The van der Waals surface area contributed by atoms with Gasteiger partial charge >= 0.3 is 0 Å². The molecule has 1 amide bonds. The molecule has 0 saturated carbocycles. The van der Waals surface area contributed by atoms with Crippen LogP contribution in [-0.2, 0) is 11.2 Å². The monoisotopic (exact) mass is 303 g/mol. The van der Waals surface area contributed by atoms with Crippen molar-refractivity contribution >= 4 is 33.9 Å². The predicted octanol–water partition coefficient (Wildman–Crippen LogP) is 4.17. The van der Waals surface area contributed by atoms with Gasteiger partial charge in [-0.3, -0.25) is 9.78 Å². The largest absolute Gasteiger partial charge is 0.354 e. The average molecular weight is 303 g/mol. The molecule has 0 radical (unpaired) electrons. The number of carbonyl (C=O) groups is 1. The fourth-order valence-electron chi connectivity index (χ4n) is 2.99. The maximum Gasteiger partial charge on any atom is 0.224 e. The van der Waals surface area contributed by atoms with Gasteiger partial charge in [0.05, 0.1) is 17.4 Å². The lowest BCUT2D eigenvalue weighted by atomic mass is 10.0. The Bertz CT molecular complexity index is 918. The molecule has 0 atom stereocenters. The zero-order valence-corrected chi connectivity index (χ0v) is 12.9. The number of amides is 1. The summed E-state index contributed by atoms with van der Waals surface area (Å²) in [5.74, 6) is 0.0902. The van der Waals surface area contributed by atoms with Gasteiger partial charge in [0.2, 0.25) is 5.91 Å². The van der Waals surface area contributed by atoms with Crippen molar-refractivity contribution in [2.75, 3.05) is 10.6 Å². The molecule has 0 fully saturated rings. The Morgan fingerprint density at radius 1 is 1.09 bits per heavy atom. The molecule has 1 aliphatic heterocycles. The molecule has 0 bridgehead atoms. The molecule has 114 valence electrons. The number of hydrogen-bond donors (Lipinski definition) is 2. The molecular weight excluding hydrogens is 286 g/mol. The van der Waals surface area contributed by atoms with Crippen molar-refractivity contribution in [2.24, 2.45) is 0 Å². The summed E-state index contributed by atoms with van der Waals surface area (Å²) < 4.78 is 0. The van der Waals surface area contributed by atoms with Crippen molar-refractivity contribution < 1.29 is 4.79 Å². The summed E-state index contributed by atoms with van der Waals surface area (Å²) in [7, 11) is 0. The summed E-state index contributed by atoms with van der Waals surface area (Å²) in [5, 5.41) is 7.47. The topological polar surface area (TPSA) is 54.0 Å². The molecule has 0 saturated heterocycles. The van der Waals surface area contributed by atoms with Gasteiger partial charge in [0, 0.05) is 23.2 Å². The van der Waals surface area contributed by atoms with Crippen LogP contribution in [0.1, 0.15) is 17.5 Å². The summed E-state index contributed by atoms with van der Waals surface area (Å²) in [6.45, 7) is 2.09. The number of rotatable bonds is 2. The van der Waals surface area contributed by atoms with E-state index in [1.165, 1.54) is 11.1 Å². The van der Waals surface area contributed by atoms with Gasteiger partial charge in [-0.2, -0.15) is 0 Å². The van der Waals surface area contributed by atoms with Crippen LogP contribution >= 0.6 is 0 Å². The van der Waals surface area contributed by atoms with Crippen LogP contribution in [0, 0.1) is 6.92 Å². The lowest BCUT2D eigenvalue weighted by Gasteiger charge is -2.18. The van der Waals surface area contributed by atoms with Crippen molar-refractivity contribution in [3.63, 3.8) is 0 Å². The van der Waals surface area contributed by atoms with Gasteiger partial charge in [0.25, 0.3) is 0 Å². The fourth-order valence-corrected chi connectivity index (χ4v) is 2.99. The van der Waals surface area contributed by atoms with E-state index in [-0.39, 0.29) is 5.91 Å². The molecule has 0 aliphatic carbocycles. The molecule has 1 aliphatic rings. The molecule has 3 aromatic rings. The SMILES string of the molecule is Cc1cccc2ncc(Nc3ccc4c(c3)CCC(=O)N4)cc12. The second-order valence-electron chi connectivity index (χ2n) is 5.91. The van der Waals surface area contributed by atoms with Crippen molar-refractivity contribution in [3.8, 4) is 0 Å². The lowest BCUT2D eigenvalue weighted by molar-refractivity contribution is -0.116. The van der Waals surface area contributed by atoms with Crippen LogP contribution in [0.25, 0.3) is 10.9 Å². The first-order valence-corrected chi connectivity index (χ1v) is 7.74. The van der Waals surface area contributed by atoms with E-state index >= 15 is 0 Å². The number of anilines is 3. The number of nitrogens with one attached hydrogen (secondary N) is 2. The lowest BCUT2D eigenvalue weighted by Crippen LogP contribution is -2.18. The van der Waals surface area contributed by atoms with E-state index in [1.807, 2.05) is 30.5 Å². The van der Waals surface area contributed by atoms with Gasteiger partial charge in [-0.15, -0.1) is 0 Å². The second kappa shape index (κ2) is 5.39. The Kier molecular flexibility index (Phi) is 3.23. The Labute approximate surface area is 134 Å². The van der Waals surface area contributed by atoms with Gasteiger partial charge in [0.1, 0.15) is 0 Å². The standard InChI is InChI=1S/C19H17N3O/c1-12-3-2-4-18-16(12)10-15(11-20-18)21-14-6-7-17-13(9-14)5-8-19(23)22-17/h2-4,6-7,9-11,21H,5,8H2,1H3,(H,22,23). The minimum atomic E-state index is 0.0902. The van der Waals surface area contributed by atoms with Crippen LogP contribution in [0.5, 0.6) is 0 Å². The highest BCUT2D eigenvalue weighted by molar-refractivity contribution is 5.94. The normalized spacial score (nSPS) is 13.5. The van der Waals surface area contributed by atoms with Crippen molar-refractivity contribution in [3.05, 3.63) is 59.8 Å². The first-order chi connectivity index (χ1) is 11.2. The van der Waals surface area contributed by atoms with Crippen LogP contribution in [0.2, 0.25) is 0 Å². The van der Waals surface area contributed by atoms with Crippen LogP contribution in [0.15, 0.2) is 48.7 Å². The molecule has 0 spiro atoms. The van der Waals surface area contributed by atoms with E-state index in [0.717, 1.165) is 34.4 Å². The fraction of sp³-hybridized carbons (Fsp3) is 0.158. The van der Waals surface area contributed by atoms with Crippen LogP contribution in [0.4, 0.5) is 17.1 Å². The highest BCUT2D eigenvalue weighted by Crippen LogP contribution is 2.28. The van der Waals surface area contributed by atoms with Crippen LogP contribution < -0.4 is 10.6 Å². The van der Waals surface area contributed by atoms with Gasteiger partial charge in [0.15, 0.2) is 0 Å². The number of pyridine rings is 1. The summed E-state index contributed by atoms with van der Waals surface area (Å²) >= 11 is 0. The smallest absolute Gasteiger partial charge is 0.224 e. The number of carbonyl (C=O) groups excluding carboxylic acids is 1. The number of aryl methyl sites for hydroxylation is 2. The third-order valence-corrected chi connectivity index (χ3v) is 4.23. The Morgan fingerprint density at radius 2 is 2.00 bits per heavy atom. The molecule has 4 nitrogen and oxygen atoms in total. The van der Waals surface area contributed by atoms with E-state index in [2.05, 4.69) is 40.7 Å². The molecule has 4 heteroatoms. The number of nitrogens with zero attached hydrogens (tertiary/aromatic N) is 1. The maximum atomic E-state index is 11.4. The first kappa shape index (κ1) is 13.8. The minimum absolute atomic E-state index is 0.0902. The molecule has 23 heavy (non-hydrogen) atoms. The maximum absolute atomic E-state index is 11.4. The number of hydrogen-bond acceptors (Lipinski definition) is 3. The summed E-state index contributed by atoms with van der Waals surface area (Å²) in [4.78, 5) is 15.9. The zero-order valence-electron chi connectivity index (χ0n) is 12.9. The van der Waals surface area contributed by atoms with E-state index < -0.39 is 0 Å². The quantitative estimate of drug-likeness (QED) is 0.747. The molecule has 2 N–H and O–H groups in total. The highest BCUT2D eigenvalue weighted by atomic mass is 16.1. The van der Waals surface area contributed by atoms with Crippen molar-refractivity contribution in [2.45, 2.75) is 19.8 Å². The van der Waals surface area contributed by atoms with Gasteiger partial charge in [-0.05, 0) is 54.8 Å². The molecular formula is C19H17N3O. The third kappa shape index (κ3) is 2.63. The molecule has 0 unspecified atom stereocenters. The minimum Gasteiger partial charge on any atom is -0.354 e. The van der Waals surface area contributed by atoms with Gasteiger partial charge in [-0.25, -0.2) is 0 Å². The number of aromatic nitrogens is 1. The number of fused-ring (bicyclic) bond motifs is 2.